The molecule has 0 aliphatic carbocycles. The van der Waals surface area contributed by atoms with Crippen LogP contribution in [-0.2, 0) is 6.54 Å². The van der Waals surface area contributed by atoms with Gasteiger partial charge in [-0.1, -0.05) is 18.2 Å². The fraction of sp³-hybridized carbons (Fsp3) is 0.389. The molecule has 1 atom stereocenters. The second-order valence-corrected chi connectivity index (χ2v) is 5.23. The van der Waals surface area contributed by atoms with E-state index in [0.717, 1.165) is 19.6 Å². The number of benzene rings is 1. The molecule has 0 aliphatic heterocycles. The first kappa shape index (κ1) is 15.5. The minimum Gasteiger partial charge on any atom is -0.372 e. The lowest BCUT2D eigenvalue weighted by molar-refractivity contribution is 0.573. The number of nitrogens with zero attached hydrogens (tertiary/aromatic N) is 2. The Morgan fingerprint density at radius 3 is 2.38 bits per heavy atom. The van der Waals surface area contributed by atoms with Crippen molar-refractivity contribution in [2.75, 3.05) is 18.0 Å². The summed E-state index contributed by atoms with van der Waals surface area (Å²) in [5, 5.41) is 3.54. The molecule has 0 saturated heterocycles. The van der Waals surface area contributed by atoms with Crippen molar-refractivity contribution in [3.63, 3.8) is 0 Å². The minimum atomic E-state index is 0.307. The highest BCUT2D eigenvalue weighted by molar-refractivity contribution is 5.47. The summed E-state index contributed by atoms with van der Waals surface area (Å²) in [7, 11) is 0. The smallest absolute Gasteiger partial charge is 0.0366 e. The monoisotopic (exact) mass is 283 g/mol. The number of rotatable bonds is 7. The molecule has 1 heterocycles. The summed E-state index contributed by atoms with van der Waals surface area (Å²) in [4.78, 5) is 6.52. The normalized spacial score (nSPS) is 12.1. The molecule has 1 aromatic carbocycles. The molecule has 2 rings (SSSR count). The molecule has 0 amide bonds. The molecule has 0 spiro atoms. The lowest BCUT2D eigenvalue weighted by atomic mass is 10.1. The Labute approximate surface area is 128 Å². The third kappa shape index (κ3) is 4.30. The first-order valence-corrected chi connectivity index (χ1v) is 7.71. The van der Waals surface area contributed by atoms with E-state index in [2.05, 4.69) is 66.3 Å². The van der Waals surface area contributed by atoms with E-state index in [4.69, 9.17) is 0 Å². The maximum atomic E-state index is 4.17. The van der Waals surface area contributed by atoms with Crippen LogP contribution in [0.1, 0.15) is 37.9 Å². The predicted octanol–water partition coefficient (Wildman–Crippen LogP) is 3.78. The molecule has 3 nitrogen and oxygen atoms in total. The number of pyridine rings is 1. The highest BCUT2D eigenvalue weighted by Gasteiger charge is 2.05. The van der Waals surface area contributed by atoms with Gasteiger partial charge in [-0.15, -0.1) is 0 Å². The number of hydrogen-bond acceptors (Lipinski definition) is 3. The van der Waals surface area contributed by atoms with Gasteiger partial charge in [0, 0.05) is 43.8 Å². The second kappa shape index (κ2) is 7.79. The van der Waals surface area contributed by atoms with E-state index < -0.39 is 0 Å². The van der Waals surface area contributed by atoms with Crippen LogP contribution < -0.4 is 10.2 Å². The molecule has 3 heteroatoms. The largest absolute Gasteiger partial charge is 0.372 e. The van der Waals surface area contributed by atoms with Gasteiger partial charge in [0.15, 0.2) is 0 Å². The molecular weight excluding hydrogens is 258 g/mol. The summed E-state index contributed by atoms with van der Waals surface area (Å²) < 4.78 is 0. The van der Waals surface area contributed by atoms with Crippen molar-refractivity contribution in [3.8, 4) is 0 Å². The molecule has 21 heavy (non-hydrogen) atoms. The molecule has 1 N–H and O–H groups in total. The molecular formula is C18H25N3. The van der Waals surface area contributed by atoms with E-state index in [1.165, 1.54) is 16.8 Å². The zero-order chi connectivity index (χ0) is 15.1. The lowest BCUT2D eigenvalue weighted by Gasteiger charge is -2.21. The zero-order valence-electron chi connectivity index (χ0n) is 13.2. The number of aromatic nitrogens is 1. The quantitative estimate of drug-likeness (QED) is 0.838. The van der Waals surface area contributed by atoms with Gasteiger partial charge in [-0.2, -0.15) is 0 Å². The number of anilines is 1. The van der Waals surface area contributed by atoms with E-state index in [9.17, 15) is 0 Å². The van der Waals surface area contributed by atoms with Gasteiger partial charge in [0.05, 0.1) is 0 Å². The third-order valence-corrected chi connectivity index (χ3v) is 3.86. The highest BCUT2D eigenvalue weighted by Crippen LogP contribution is 2.16. The predicted molar refractivity (Wildman–Crippen MR) is 89.5 cm³/mol. The van der Waals surface area contributed by atoms with Gasteiger partial charge in [-0.25, -0.2) is 0 Å². The first-order chi connectivity index (χ1) is 10.2. The summed E-state index contributed by atoms with van der Waals surface area (Å²) in [6, 6.07) is 13.2. The van der Waals surface area contributed by atoms with Crippen LogP contribution in [0.25, 0.3) is 0 Å². The summed E-state index contributed by atoms with van der Waals surface area (Å²) in [5.41, 5.74) is 3.82. The number of nitrogens with one attached hydrogen (secondary N) is 1. The van der Waals surface area contributed by atoms with Gasteiger partial charge < -0.3 is 10.2 Å². The van der Waals surface area contributed by atoms with E-state index >= 15 is 0 Å². The Kier molecular flexibility index (Phi) is 5.76. The molecule has 0 aliphatic rings. The van der Waals surface area contributed by atoms with Gasteiger partial charge in [0.1, 0.15) is 0 Å². The Morgan fingerprint density at radius 2 is 1.81 bits per heavy atom. The van der Waals surface area contributed by atoms with Gasteiger partial charge in [0.2, 0.25) is 0 Å². The summed E-state index contributed by atoms with van der Waals surface area (Å²) in [5.74, 6) is 0. The van der Waals surface area contributed by atoms with E-state index in [1.807, 2.05) is 18.5 Å². The molecule has 0 fully saturated rings. The van der Waals surface area contributed by atoms with Crippen molar-refractivity contribution in [3.05, 3.63) is 59.9 Å². The Balaban J connectivity index is 1.92. The zero-order valence-corrected chi connectivity index (χ0v) is 13.2. The van der Waals surface area contributed by atoms with Crippen molar-refractivity contribution >= 4 is 5.69 Å². The van der Waals surface area contributed by atoms with Crippen LogP contribution in [-0.4, -0.2) is 18.1 Å². The average molecular weight is 283 g/mol. The van der Waals surface area contributed by atoms with E-state index in [-0.39, 0.29) is 0 Å². The van der Waals surface area contributed by atoms with E-state index in [1.54, 1.807) is 0 Å². The highest BCUT2D eigenvalue weighted by atomic mass is 15.1. The van der Waals surface area contributed by atoms with Crippen molar-refractivity contribution < 1.29 is 0 Å². The van der Waals surface area contributed by atoms with Crippen molar-refractivity contribution in [2.24, 2.45) is 0 Å². The van der Waals surface area contributed by atoms with Crippen molar-refractivity contribution in [1.82, 2.24) is 10.3 Å². The Bertz CT molecular complexity index is 518. The fourth-order valence-electron chi connectivity index (χ4n) is 2.43. The van der Waals surface area contributed by atoms with Crippen LogP contribution >= 0.6 is 0 Å². The van der Waals surface area contributed by atoms with Crippen LogP contribution in [0.15, 0.2) is 48.8 Å². The summed E-state index contributed by atoms with van der Waals surface area (Å²) >= 11 is 0. The second-order valence-electron chi connectivity index (χ2n) is 5.23. The topological polar surface area (TPSA) is 28.2 Å². The standard InChI is InChI=1S/C18H25N3/c1-4-21(5-2)18-10-8-16(9-11-18)13-20-15(3)17-7-6-12-19-14-17/h6-12,14-15,20H,4-5,13H2,1-3H3. The summed E-state index contributed by atoms with van der Waals surface area (Å²) in [6.07, 6.45) is 3.73. The third-order valence-electron chi connectivity index (χ3n) is 3.86. The molecule has 1 unspecified atom stereocenters. The number of hydrogen-bond donors (Lipinski definition) is 1. The van der Waals surface area contributed by atoms with Gasteiger partial charge in [-0.05, 0) is 50.1 Å². The molecule has 0 bridgehead atoms. The first-order valence-electron chi connectivity index (χ1n) is 7.71. The Hall–Kier alpha value is -1.87. The maximum Gasteiger partial charge on any atom is 0.0366 e. The van der Waals surface area contributed by atoms with E-state index in [0.29, 0.717) is 6.04 Å². The van der Waals surface area contributed by atoms with Crippen molar-refractivity contribution in [1.29, 1.82) is 0 Å². The molecule has 2 aromatic rings. The van der Waals surface area contributed by atoms with Crippen LogP contribution in [0.5, 0.6) is 0 Å². The molecule has 1 aromatic heterocycles. The maximum absolute atomic E-state index is 4.17. The lowest BCUT2D eigenvalue weighted by Crippen LogP contribution is -2.22. The van der Waals surface area contributed by atoms with Gasteiger partial charge in [0.25, 0.3) is 0 Å². The van der Waals surface area contributed by atoms with Gasteiger partial charge in [-0.3, -0.25) is 4.98 Å². The van der Waals surface area contributed by atoms with Gasteiger partial charge >= 0.3 is 0 Å². The Morgan fingerprint density at radius 1 is 1.10 bits per heavy atom. The molecule has 0 radical (unpaired) electrons. The van der Waals surface area contributed by atoms with Crippen LogP contribution in [0, 0.1) is 0 Å². The van der Waals surface area contributed by atoms with Crippen LogP contribution in [0.2, 0.25) is 0 Å². The fourth-order valence-corrected chi connectivity index (χ4v) is 2.43. The van der Waals surface area contributed by atoms with Crippen LogP contribution in [0.4, 0.5) is 5.69 Å². The molecule has 0 saturated carbocycles. The minimum absolute atomic E-state index is 0.307. The SMILES string of the molecule is CCN(CC)c1ccc(CNC(C)c2cccnc2)cc1. The van der Waals surface area contributed by atoms with Crippen molar-refractivity contribution in [2.45, 2.75) is 33.4 Å². The summed E-state index contributed by atoms with van der Waals surface area (Å²) in [6.45, 7) is 9.51. The average Bonchev–Trinajstić information content (AvgIpc) is 2.55. The van der Waals surface area contributed by atoms with Crippen LogP contribution in [0.3, 0.4) is 0 Å². The molecule has 112 valence electrons.